The van der Waals surface area contributed by atoms with Gasteiger partial charge in [0.15, 0.2) is 0 Å². The van der Waals surface area contributed by atoms with Gasteiger partial charge in [-0.05, 0) is 61.0 Å². The van der Waals surface area contributed by atoms with Crippen molar-refractivity contribution >= 4 is 28.1 Å². The average molecular weight is 378 g/mol. The highest BCUT2D eigenvalue weighted by Crippen LogP contribution is 2.21. The first-order valence-corrected chi connectivity index (χ1v) is 10.2. The maximum absolute atomic E-state index is 12.3. The SMILES string of the molecule is CC(Nc1ccc(NC(=O)c2ccc(S(C)=O)cc2)cc1)c1ccccc1. The molecule has 0 radical (unpaired) electrons. The van der Waals surface area contributed by atoms with Gasteiger partial charge in [-0.25, -0.2) is 0 Å². The van der Waals surface area contributed by atoms with Gasteiger partial charge < -0.3 is 10.6 Å². The van der Waals surface area contributed by atoms with E-state index in [9.17, 15) is 9.00 Å². The molecule has 3 aromatic carbocycles. The minimum atomic E-state index is -1.05. The molecule has 2 unspecified atom stereocenters. The number of rotatable bonds is 6. The molecule has 0 aliphatic carbocycles. The molecule has 0 aliphatic heterocycles. The summed E-state index contributed by atoms with van der Waals surface area (Å²) in [5.74, 6) is -0.193. The zero-order valence-corrected chi connectivity index (χ0v) is 16.1. The van der Waals surface area contributed by atoms with Crippen molar-refractivity contribution in [1.82, 2.24) is 0 Å². The molecule has 4 nitrogen and oxygen atoms in total. The van der Waals surface area contributed by atoms with Crippen molar-refractivity contribution in [1.29, 1.82) is 0 Å². The van der Waals surface area contributed by atoms with Gasteiger partial charge in [-0.1, -0.05) is 30.3 Å². The Morgan fingerprint density at radius 1 is 0.852 bits per heavy atom. The van der Waals surface area contributed by atoms with Gasteiger partial charge in [-0.2, -0.15) is 0 Å². The predicted octanol–water partition coefficient (Wildman–Crippen LogP) is 4.85. The summed E-state index contributed by atoms with van der Waals surface area (Å²) in [7, 11) is -1.05. The van der Waals surface area contributed by atoms with Crippen LogP contribution in [0.3, 0.4) is 0 Å². The van der Waals surface area contributed by atoms with E-state index in [1.165, 1.54) is 5.56 Å². The Labute approximate surface area is 162 Å². The molecule has 5 heteroatoms. The number of benzene rings is 3. The standard InChI is InChI=1S/C22H22N2O2S/c1-16(17-6-4-3-5-7-17)23-19-10-12-20(13-11-19)24-22(25)18-8-14-21(15-9-18)27(2)26/h3-16,23H,1-2H3,(H,24,25). The van der Waals surface area contributed by atoms with E-state index in [2.05, 4.69) is 29.7 Å². The number of anilines is 2. The summed E-state index contributed by atoms with van der Waals surface area (Å²) >= 11 is 0. The molecule has 138 valence electrons. The molecular formula is C22H22N2O2S. The highest BCUT2D eigenvalue weighted by molar-refractivity contribution is 7.84. The van der Waals surface area contributed by atoms with E-state index in [1.54, 1.807) is 30.5 Å². The fraction of sp³-hybridized carbons (Fsp3) is 0.136. The summed E-state index contributed by atoms with van der Waals surface area (Å²) in [4.78, 5) is 13.0. The lowest BCUT2D eigenvalue weighted by atomic mass is 10.1. The van der Waals surface area contributed by atoms with Gasteiger partial charge in [0.05, 0.1) is 0 Å². The van der Waals surface area contributed by atoms with Crippen molar-refractivity contribution in [3.8, 4) is 0 Å². The van der Waals surface area contributed by atoms with Crippen LogP contribution in [0.25, 0.3) is 0 Å². The highest BCUT2D eigenvalue weighted by atomic mass is 32.2. The van der Waals surface area contributed by atoms with Gasteiger partial charge in [0.1, 0.15) is 0 Å². The first-order chi connectivity index (χ1) is 13.0. The van der Waals surface area contributed by atoms with Gasteiger partial charge in [0.25, 0.3) is 5.91 Å². The number of carbonyl (C=O) groups excluding carboxylic acids is 1. The molecule has 0 saturated heterocycles. The molecule has 0 aromatic heterocycles. The summed E-state index contributed by atoms with van der Waals surface area (Å²) in [5, 5.41) is 6.32. The van der Waals surface area contributed by atoms with E-state index in [-0.39, 0.29) is 11.9 Å². The van der Waals surface area contributed by atoms with Gasteiger partial charge >= 0.3 is 0 Å². The molecule has 2 N–H and O–H groups in total. The largest absolute Gasteiger partial charge is 0.379 e. The van der Waals surface area contributed by atoms with E-state index in [0.717, 1.165) is 11.4 Å². The monoisotopic (exact) mass is 378 g/mol. The van der Waals surface area contributed by atoms with Crippen LogP contribution < -0.4 is 10.6 Å². The van der Waals surface area contributed by atoms with Crippen LogP contribution in [-0.4, -0.2) is 16.4 Å². The van der Waals surface area contributed by atoms with Gasteiger partial charge in [-0.15, -0.1) is 0 Å². The van der Waals surface area contributed by atoms with Gasteiger partial charge in [0, 0.05) is 44.9 Å². The lowest BCUT2D eigenvalue weighted by molar-refractivity contribution is 0.102. The number of hydrogen-bond acceptors (Lipinski definition) is 3. The Hall–Kier alpha value is -2.92. The van der Waals surface area contributed by atoms with Crippen LogP contribution in [-0.2, 0) is 10.8 Å². The molecule has 0 fully saturated rings. The minimum Gasteiger partial charge on any atom is -0.379 e. The molecule has 27 heavy (non-hydrogen) atoms. The molecule has 1 amide bonds. The number of amides is 1. The quantitative estimate of drug-likeness (QED) is 0.645. The summed E-state index contributed by atoms with van der Waals surface area (Å²) in [6.07, 6.45) is 1.61. The molecule has 0 spiro atoms. The van der Waals surface area contributed by atoms with E-state index in [1.807, 2.05) is 42.5 Å². The number of nitrogens with one attached hydrogen (secondary N) is 2. The Morgan fingerprint density at radius 3 is 2.04 bits per heavy atom. The zero-order valence-electron chi connectivity index (χ0n) is 15.3. The minimum absolute atomic E-state index is 0.189. The van der Waals surface area contributed by atoms with Crippen molar-refractivity contribution in [2.24, 2.45) is 0 Å². The second-order valence-electron chi connectivity index (χ2n) is 6.29. The second-order valence-corrected chi connectivity index (χ2v) is 7.67. The van der Waals surface area contributed by atoms with Gasteiger partial charge in [0.2, 0.25) is 0 Å². The summed E-state index contributed by atoms with van der Waals surface area (Å²) in [6, 6.07) is 24.8. The summed E-state index contributed by atoms with van der Waals surface area (Å²) < 4.78 is 11.4. The third kappa shape index (κ3) is 5.05. The van der Waals surface area contributed by atoms with E-state index in [0.29, 0.717) is 10.5 Å². The first-order valence-electron chi connectivity index (χ1n) is 8.69. The second kappa shape index (κ2) is 8.64. The van der Waals surface area contributed by atoms with E-state index < -0.39 is 10.8 Å². The van der Waals surface area contributed by atoms with E-state index in [4.69, 9.17) is 0 Å². The molecule has 3 rings (SSSR count). The van der Waals surface area contributed by atoms with Crippen molar-refractivity contribution in [2.75, 3.05) is 16.9 Å². The molecule has 0 saturated carbocycles. The Balaban J connectivity index is 1.61. The van der Waals surface area contributed by atoms with Crippen LogP contribution in [0.15, 0.2) is 83.8 Å². The maximum atomic E-state index is 12.3. The third-order valence-corrected chi connectivity index (χ3v) is 5.21. The number of hydrogen-bond donors (Lipinski definition) is 2. The average Bonchev–Trinajstić information content (AvgIpc) is 2.70. The Bertz CT molecular complexity index is 923. The molecule has 3 aromatic rings. The first kappa shape index (κ1) is 18.9. The molecule has 0 heterocycles. The topological polar surface area (TPSA) is 58.2 Å². The smallest absolute Gasteiger partial charge is 0.255 e. The van der Waals surface area contributed by atoms with Crippen molar-refractivity contribution in [2.45, 2.75) is 17.9 Å². The molecule has 0 bridgehead atoms. The van der Waals surface area contributed by atoms with E-state index >= 15 is 0 Å². The van der Waals surface area contributed by atoms with Gasteiger partial charge in [-0.3, -0.25) is 9.00 Å². The molecular weight excluding hydrogens is 356 g/mol. The third-order valence-electron chi connectivity index (χ3n) is 4.27. The van der Waals surface area contributed by atoms with Crippen molar-refractivity contribution in [3.05, 3.63) is 90.0 Å². The van der Waals surface area contributed by atoms with Crippen LogP contribution in [0.4, 0.5) is 11.4 Å². The Morgan fingerprint density at radius 2 is 1.44 bits per heavy atom. The Kier molecular flexibility index (Phi) is 6.04. The van der Waals surface area contributed by atoms with Crippen molar-refractivity contribution < 1.29 is 9.00 Å². The fourth-order valence-corrected chi connectivity index (χ4v) is 3.25. The number of carbonyl (C=O) groups is 1. The lowest BCUT2D eigenvalue weighted by Crippen LogP contribution is -2.12. The fourth-order valence-electron chi connectivity index (χ4n) is 2.73. The maximum Gasteiger partial charge on any atom is 0.255 e. The zero-order chi connectivity index (χ0) is 19.2. The van der Waals surface area contributed by atoms with Crippen LogP contribution in [0, 0.1) is 0 Å². The molecule has 0 aliphatic rings. The highest BCUT2D eigenvalue weighted by Gasteiger charge is 2.08. The predicted molar refractivity (Wildman–Crippen MR) is 112 cm³/mol. The molecule has 2 atom stereocenters. The lowest BCUT2D eigenvalue weighted by Gasteiger charge is -2.16. The van der Waals surface area contributed by atoms with Crippen LogP contribution >= 0.6 is 0 Å². The summed E-state index contributed by atoms with van der Waals surface area (Å²) in [5.41, 5.74) is 3.45. The normalized spacial score (nSPS) is 12.8. The van der Waals surface area contributed by atoms with Crippen LogP contribution in [0.2, 0.25) is 0 Å². The van der Waals surface area contributed by atoms with Crippen LogP contribution in [0.1, 0.15) is 28.9 Å². The summed E-state index contributed by atoms with van der Waals surface area (Å²) in [6.45, 7) is 2.11. The van der Waals surface area contributed by atoms with Crippen molar-refractivity contribution in [3.63, 3.8) is 0 Å². The van der Waals surface area contributed by atoms with Crippen LogP contribution in [0.5, 0.6) is 0 Å².